The third-order valence-electron chi connectivity index (χ3n) is 2.68. The molecule has 2 rings (SSSR count). The van der Waals surface area contributed by atoms with E-state index in [1.54, 1.807) is 0 Å². The highest BCUT2D eigenvalue weighted by Gasteiger charge is 2.55. The van der Waals surface area contributed by atoms with Gasteiger partial charge < -0.3 is 5.11 Å². The standard InChI is InChI=1S/C10H7BrF2O2/c11-5-1-2-6(12)7(8(5)13)10(3-4-10)9(14)15/h1-2H,3-4H2,(H,14,15). The van der Waals surface area contributed by atoms with E-state index in [4.69, 9.17) is 5.11 Å². The van der Waals surface area contributed by atoms with Crippen molar-refractivity contribution >= 4 is 21.9 Å². The van der Waals surface area contributed by atoms with Gasteiger partial charge >= 0.3 is 5.97 Å². The first-order valence-corrected chi connectivity index (χ1v) is 5.16. The van der Waals surface area contributed by atoms with Crippen LogP contribution >= 0.6 is 15.9 Å². The molecule has 1 N–H and O–H groups in total. The van der Waals surface area contributed by atoms with Crippen molar-refractivity contribution < 1.29 is 18.7 Å². The summed E-state index contributed by atoms with van der Waals surface area (Å²) in [6.07, 6.45) is 0.569. The molecular weight excluding hydrogens is 270 g/mol. The fraction of sp³-hybridized carbons (Fsp3) is 0.300. The highest BCUT2D eigenvalue weighted by atomic mass is 79.9. The van der Waals surface area contributed by atoms with Crippen molar-refractivity contribution in [3.63, 3.8) is 0 Å². The minimum atomic E-state index is -1.35. The van der Waals surface area contributed by atoms with E-state index in [1.807, 2.05) is 0 Å². The number of carboxylic acid groups (broad SMARTS) is 1. The average molecular weight is 277 g/mol. The van der Waals surface area contributed by atoms with Gasteiger partial charge in [0.2, 0.25) is 0 Å². The van der Waals surface area contributed by atoms with Crippen molar-refractivity contribution in [1.82, 2.24) is 0 Å². The van der Waals surface area contributed by atoms with Gasteiger partial charge in [0.05, 0.1) is 9.89 Å². The highest BCUT2D eigenvalue weighted by molar-refractivity contribution is 9.10. The van der Waals surface area contributed by atoms with Crippen LogP contribution in [0.4, 0.5) is 8.78 Å². The molecule has 1 saturated carbocycles. The zero-order valence-electron chi connectivity index (χ0n) is 7.56. The van der Waals surface area contributed by atoms with Gasteiger partial charge in [-0.2, -0.15) is 0 Å². The Morgan fingerprint density at radius 3 is 2.47 bits per heavy atom. The summed E-state index contributed by atoms with van der Waals surface area (Å²) in [5, 5.41) is 8.95. The van der Waals surface area contributed by atoms with Gasteiger partial charge in [0.15, 0.2) is 0 Å². The van der Waals surface area contributed by atoms with Gasteiger partial charge in [0, 0.05) is 5.56 Å². The van der Waals surface area contributed by atoms with E-state index in [9.17, 15) is 13.6 Å². The molecule has 80 valence electrons. The van der Waals surface area contributed by atoms with Crippen LogP contribution in [0.5, 0.6) is 0 Å². The molecule has 0 aliphatic heterocycles. The number of carboxylic acids is 1. The van der Waals surface area contributed by atoms with Crippen LogP contribution in [0.25, 0.3) is 0 Å². The van der Waals surface area contributed by atoms with E-state index < -0.39 is 23.0 Å². The smallest absolute Gasteiger partial charge is 0.314 e. The lowest BCUT2D eigenvalue weighted by molar-refractivity contribution is -0.140. The maximum atomic E-state index is 13.6. The van der Waals surface area contributed by atoms with Crippen LogP contribution in [0, 0.1) is 11.6 Å². The van der Waals surface area contributed by atoms with Crippen LogP contribution in [0.3, 0.4) is 0 Å². The normalized spacial score (nSPS) is 17.5. The first-order chi connectivity index (χ1) is 6.99. The summed E-state index contributed by atoms with van der Waals surface area (Å²) in [6.45, 7) is 0. The topological polar surface area (TPSA) is 37.3 Å². The van der Waals surface area contributed by atoms with E-state index in [0.29, 0.717) is 0 Å². The molecule has 1 aromatic carbocycles. The summed E-state index contributed by atoms with van der Waals surface area (Å²) in [6, 6.07) is 2.30. The van der Waals surface area contributed by atoms with Crippen LogP contribution in [0.2, 0.25) is 0 Å². The Morgan fingerprint density at radius 1 is 1.40 bits per heavy atom. The van der Waals surface area contributed by atoms with Crippen LogP contribution in [-0.2, 0) is 10.2 Å². The van der Waals surface area contributed by atoms with Crippen molar-refractivity contribution in [3.05, 3.63) is 33.8 Å². The van der Waals surface area contributed by atoms with Crippen LogP contribution < -0.4 is 0 Å². The van der Waals surface area contributed by atoms with Crippen LogP contribution in [0.1, 0.15) is 18.4 Å². The minimum Gasteiger partial charge on any atom is -0.481 e. The maximum absolute atomic E-state index is 13.6. The lowest BCUT2D eigenvalue weighted by atomic mass is 9.95. The van der Waals surface area contributed by atoms with Gasteiger partial charge in [-0.05, 0) is 40.9 Å². The summed E-state index contributed by atoms with van der Waals surface area (Å²) in [7, 11) is 0. The molecule has 0 unspecified atom stereocenters. The van der Waals surface area contributed by atoms with Crippen molar-refractivity contribution in [2.24, 2.45) is 0 Å². The minimum absolute atomic E-state index is 0.0893. The summed E-state index contributed by atoms with van der Waals surface area (Å²) in [5.74, 6) is -2.77. The molecule has 1 aliphatic carbocycles. The predicted octanol–water partition coefficient (Wildman–Crippen LogP) is 2.84. The molecule has 0 atom stereocenters. The second-order valence-corrected chi connectivity index (χ2v) is 4.46. The van der Waals surface area contributed by atoms with Crippen molar-refractivity contribution in [2.75, 3.05) is 0 Å². The zero-order chi connectivity index (χ0) is 11.2. The fourth-order valence-electron chi connectivity index (χ4n) is 1.66. The molecule has 15 heavy (non-hydrogen) atoms. The second-order valence-electron chi connectivity index (χ2n) is 3.61. The number of carbonyl (C=O) groups is 1. The van der Waals surface area contributed by atoms with E-state index in [0.717, 1.165) is 6.07 Å². The van der Waals surface area contributed by atoms with Crippen molar-refractivity contribution in [3.8, 4) is 0 Å². The Morgan fingerprint density at radius 2 is 2.00 bits per heavy atom. The molecule has 5 heteroatoms. The quantitative estimate of drug-likeness (QED) is 0.844. The Hall–Kier alpha value is -0.970. The molecule has 0 bridgehead atoms. The lowest BCUT2D eigenvalue weighted by Crippen LogP contribution is -2.22. The van der Waals surface area contributed by atoms with Gasteiger partial charge in [-0.3, -0.25) is 4.79 Å². The lowest BCUT2D eigenvalue weighted by Gasteiger charge is -2.13. The van der Waals surface area contributed by atoms with Gasteiger partial charge in [0.1, 0.15) is 11.6 Å². The van der Waals surface area contributed by atoms with E-state index >= 15 is 0 Å². The molecule has 1 fully saturated rings. The number of halogens is 3. The Labute approximate surface area is 93.0 Å². The van der Waals surface area contributed by atoms with E-state index in [2.05, 4.69) is 15.9 Å². The van der Waals surface area contributed by atoms with Gasteiger partial charge in [0.25, 0.3) is 0 Å². The number of aliphatic carboxylic acids is 1. The van der Waals surface area contributed by atoms with Crippen LogP contribution in [0.15, 0.2) is 16.6 Å². The third-order valence-corrected chi connectivity index (χ3v) is 3.29. The summed E-state index contributed by atoms with van der Waals surface area (Å²) in [4.78, 5) is 11.0. The van der Waals surface area contributed by atoms with Gasteiger partial charge in [-0.25, -0.2) is 8.78 Å². The predicted molar refractivity (Wildman–Crippen MR) is 52.6 cm³/mol. The maximum Gasteiger partial charge on any atom is 0.314 e. The van der Waals surface area contributed by atoms with Gasteiger partial charge in [-0.15, -0.1) is 0 Å². The third kappa shape index (κ3) is 1.45. The first kappa shape index (κ1) is 10.5. The summed E-state index contributed by atoms with van der Waals surface area (Å²) in [5.41, 5.74) is -1.68. The molecule has 2 nitrogen and oxygen atoms in total. The Balaban J connectivity index is 2.62. The molecule has 0 amide bonds. The number of benzene rings is 1. The summed E-state index contributed by atoms with van der Waals surface area (Å²) >= 11 is 2.91. The second kappa shape index (κ2) is 3.27. The Kier molecular flexibility index (Phi) is 2.30. The highest BCUT2D eigenvalue weighted by Crippen LogP contribution is 2.50. The van der Waals surface area contributed by atoms with Gasteiger partial charge in [-0.1, -0.05) is 0 Å². The molecule has 0 heterocycles. The molecule has 0 spiro atoms. The zero-order valence-corrected chi connectivity index (χ0v) is 9.14. The van der Waals surface area contributed by atoms with Crippen molar-refractivity contribution in [1.29, 1.82) is 0 Å². The molecule has 0 radical (unpaired) electrons. The average Bonchev–Trinajstić information content (AvgIpc) is 2.93. The van der Waals surface area contributed by atoms with E-state index in [-0.39, 0.29) is 22.9 Å². The SMILES string of the molecule is O=C(O)C1(c2c(F)ccc(Br)c2F)CC1. The monoisotopic (exact) mass is 276 g/mol. The van der Waals surface area contributed by atoms with Crippen LogP contribution in [-0.4, -0.2) is 11.1 Å². The molecule has 1 aromatic rings. The molecule has 0 saturated heterocycles. The molecular formula is C10H7BrF2O2. The first-order valence-electron chi connectivity index (χ1n) is 4.36. The number of rotatable bonds is 2. The Bertz CT molecular complexity index is 441. The van der Waals surface area contributed by atoms with E-state index in [1.165, 1.54) is 6.07 Å². The fourth-order valence-corrected chi connectivity index (χ4v) is 1.99. The summed E-state index contributed by atoms with van der Waals surface area (Å²) < 4.78 is 27.1. The van der Waals surface area contributed by atoms with Crippen molar-refractivity contribution in [2.45, 2.75) is 18.3 Å². The number of hydrogen-bond acceptors (Lipinski definition) is 1. The molecule has 0 aromatic heterocycles. The number of hydrogen-bond donors (Lipinski definition) is 1. The molecule has 1 aliphatic rings. The largest absolute Gasteiger partial charge is 0.481 e.